The van der Waals surface area contributed by atoms with Crippen molar-refractivity contribution in [1.82, 2.24) is 0 Å². The normalized spacial score (nSPS) is 20.0. The topological polar surface area (TPSA) is 59.3 Å². The van der Waals surface area contributed by atoms with Crippen molar-refractivity contribution in [1.29, 1.82) is 5.26 Å². The van der Waals surface area contributed by atoms with Crippen LogP contribution in [0.1, 0.15) is 52.2 Å². The minimum Gasteiger partial charge on any atom is -0.490 e. The molecule has 0 spiro atoms. The molecule has 1 aliphatic heterocycles. The van der Waals surface area contributed by atoms with E-state index >= 15 is 0 Å². The lowest BCUT2D eigenvalue weighted by molar-refractivity contribution is -0.257. The first kappa shape index (κ1) is 22.1. The van der Waals surface area contributed by atoms with Gasteiger partial charge in [0.2, 0.25) is 5.60 Å². The second-order valence-electron chi connectivity index (χ2n) is 8.64. The van der Waals surface area contributed by atoms with Crippen LogP contribution in [0.15, 0.2) is 18.2 Å². The highest BCUT2D eigenvalue weighted by atomic mass is 19.4. The molecule has 28 heavy (non-hydrogen) atoms. The Morgan fingerprint density at radius 1 is 1.29 bits per heavy atom. The van der Waals surface area contributed by atoms with Crippen LogP contribution in [0.2, 0.25) is 0 Å². The molecule has 0 unspecified atom stereocenters. The van der Waals surface area contributed by atoms with Gasteiger partial charge in [0.15, 0.2) is 0 Å². The van der Waals surface area contributed by atoms with Crippen molar-refractivity contribution >= 4 is 5.97 Å². The summed E-state index contributed by atoms with van der Waals surface area (Å²) in [6, 6.07) is 7.44. The molecule has 0 fully saturated rings. The number of nitrogens with zero attached hydrogens (tertiary/aromatic N) is 1. The lowest BCUT2D eigenvalue weighted by atomic mass is 9.81. The molecule has 2 rings (SSSR count). The lowest BCUT2D eigenvalue weighted by Gasteiger charge is -2.34. The zero-order chi connectivity index (χ0) is 21.3. The van der Waals surface area contributed by atoms with Crippen LogP contribution in [0, 0.1) is 22.7 Å². The van der Waals surface area contributed by atoms with Gasteiger partial charge in [0, 0.05) is 6.42 Å². The highest BCUT2D eigenvalue weighted by molar-refractivity contribution is 5.73. The van der Waals surface area contributed by atoms with Crippen LogP contribution in [0.4, 0.5) is 13.2 Å². The first-order valence-corrected chi connectivity index (χ1v) is 9.22. The fraction of sp³-hybridized carbons (Fsp3) is 0.619. The monoisotopic (exact) mass is 397 g/mol. The number of nitriles is 1. The fourth-order valence-electron chi connectivity index (χ4n) is 3.11. The molecule has 0 radical (unpaired) electrons. The van der Waals surface area contributed by atoms with Crippen molar-refractivity contribution in [3.8, 4) is 11.8 Å². The molecular weight excluding hydrogens is 371 g/mol. The summed E-state index contributed by atoms with van der Waals surface area (Å²) >= 11 is 0. The van der Waals surface area contributed by atoms with E-state index in [1.54, 1.807) is 18.2 Å². The maximum atomic E-state index is 12.9. The number of rotatable bonds is 5. The maximum absolute atomic E-state index is 12.9. The van der Waals surface area contributed by atoms with E-state index in [2.05, 4.69) is 10.8 Å². The van der Waals surface area contributed by atoms with Crippen LogP contribution in [-0.4, -0.2) is 23.9 Å². The Kier molecular flexibility index (Phi) is 6.03. The Morgan fingerprint density at radius 3 is 2.50 bits per heavy atom. The number of carbonyl (C=O) groups is 1. The number of benzene rings is 1. The molecular formula is C21H26F3NO3. The molecule has 1 aromatic rings. The van der Waals surface area contributed by atoms with E-state index in [4.69, 9.17) is 4.74 Å². The molecule has 1 heterocycles. The zero-order valence-corrected chi connectivity index (χ0v) is 16.8. The van der Waals surface area contributed by atoms with Gasteiger partial charge in [0.05, 0.1) is 17.9 Å². The lowest BCUT2D eigenvalue weighted by Crippen LogP contribution is -2.43. The Balaban J connectivity index is 2.08. The van der Waals surface area contributed by atoms with Crippen LogP contribution in [0.25, 0.3) is 0 Å². The van der Waals surface area contributed by atoms with Gasteiger partial charge in [0.1, 0.15) is 11.9 Å². The quantitative estimate of drug-likeness (QED) is 0.657. The summed E-state index contributed by atoms with van der Waals surface area (Å²) in [6.45, 7) is 7.44. The van der Waals surface area contributed by atoms with Crippen molar-refractivity contribution in [3.05, 3.63) is 29.3 Å². The van der Waals surface area contributed by atoms with Crippen LogP contribution >= 0.6 is 0 Å². The molecule has 0 aliphatic carbocycles. The van der Waals surface area contributed by atoms with Gasteiger partial charge in [0.25, 0.3) is 0 Å². The van der Waals surface area contributed by atoms with Crippen LogP contribution in [0.5, 0.6) is 5.75 Å². The number of esters is 1. The summed E-state index contributed by atoms with van der Waals surface area (Å²) in [4.78, 5) is 12.0. The largest absolute Gasteiger partial charge is 0.490 e. The fourth-order valence-corrected chi connectivity index (χ4v) is 3.11. The average Bonchev–Trinajstić information content (AvgIpc) is 2.54. The predicted octanol–water partition coefficient (Wildman–Crippen LogP) is 4.99. The van der Waals surface area contributed by atoms with Gasteiger partial charge in [-0.2, -0.15) is 18.4 Å². The van der Waals surface area contributed by atoms with Crippen molar-refractivity contribution < 1.29 is 27.4 Å². The van der Waals surface area contributed by atoms with E-state index in [-0.39, 0.29) is 18.4 Å². The molecule has 0 N–H and O–H groups in total. The first-order chi connectivity index (χ1) is 12.7. The standard InChI is InChI=1S/C21H26F3NO3/c1-13-8-15-9-14(10-18(26)28-20(4,5)21(22,23)24)6-7-16(15)27-17(13)11-19(2,3)12-25/h6-7,9,13,17H,8,10-11H2,1-5H3/t13-,17-/m0/s1. The second-order valence-corrected chi connectivity index (χ2v) is 8.64. The van der Waals surface area contributed by atoms with Gasteiger partial charge in [-0.15, -0.1) is 0 Å². The van der Waals surface area contributed by atoms with Gasteiger partial charge in [-0.05, 0) is 57.2 Å². The van der Waals surface area contributed by atoms with Crippen molar-refractivity contribution in [2.24, 2.45) is 11.3 Å². The molecule has 0 amide bonds. The minimum atomic E-state index is -4.63. The third kappa shape index (κ3) is 5.18. The predicted molar refractivity (Wildman–Crippen MR) is 97.7 cm³/mol. The summed E-state index contributed by atoms with van der Waals surface area (Å²) in [5.41, 5.74) is -1.55. The van der Waals surface area contributed by atoms with Gasteiger partial charge >= 0.3 is 12.1 Å². The van der Waals surface area contributed by atoms with E-state index in [1.165, 1.54) is 0 Å². The molecule has 4 nitrogen and oxygen atoms in total. The number of fused-ring (bicyclic) bond motifs is 1. The molecule has 154 valence electrons. The molecule has 0 saturated carbocycles. The first-order valence-electron chi connectivity index (χ1n) is 9.22. The third-order valence-electron chi connectivity index (χ3n) is 4.99. The van der Waals surface area contributed by atoms with Crippen LogP contribution in [0.3, 0.4) is 0 Å². The molecule has 0 saturated heterocycles. The van der Waals surface area contributed by atoms with Gasteiger partial charge < -0.3 is 9.47 Å². The highest BCUT2D eigenvalue weighted by Gasteiger charge is 2.50. The second kappa shape index (κ2) is 7.65. The van der Waals surface area contributed by atoms with Crippen molar-refractivity contribution in [2.75, 3.05) is 0 Å². The molecule has 1 aliphatic rings. The summed E-state index contributed by atoms with van der Waals surface area (Å²) in [6.07, 6.45) is -3.66. The van der Waals surface area contributed by atoms with Gasteiger partial charge in [-0.25, -0.2) is 0 Å². The summed E-state index contributed by atoms with van der Waals surface area (Å²) in [7, 11) is 0. The number of halogens is 3. The molecule has 7 heteroatoms. The number of alkyl halides is 3. The molecule has 1 aromatic carbocycles. The van der Waals surface area contributed by atoms with Crippen molar-refractivity contribution in [2.45, 2.75) is 71.8 Å². The summed E-state index contributed by atoms with van der Waals surface area (Å²) < 4.78 is 49.3. The third-order valence-corrected chi connectivity index (χ3v) is 4.99. The number of hydrogen-bond donors (Lipinski definition) is 0. The highest BCUT2D eigenvalue weighted by Crippen LogP contribution is 2.37. The number of hydrogen-bond acceptors (Lipinski definition) is 4. The van der Waals surface area contributed by atoms with Gasteiger partial charge in [-0.3, -0.25) is 4.79 Å². The molecule has 0 bridgehead atoms. The van der Waals surface area contributed by atoms with E-state index in [1.807, 2.05) is 20.8 Å². The number of carbonyl (C=O) groups excluding carboxylic acids is 1. The summed E-state index contributed by atoms with van der Waals surface area (Å²) in [5, 5.41) is 9.24. The zero-order valence-electron chi connectivity index (χ0n) is 16.8. The van der Waals surface area contributed by atoms with E-state index < -0.39 is 23.2 Å². The SMILES string of the molecule is C[C@H]1Cc2cc(CC(=O)OC(C)(C)C(F)(F)F)ccc2O[C@H]1CC(C)(C)C#N. The Hall–Kier alpha value is -2.23. The van der Waals surface area contributed by atoms with Crippen molar-refractivity contribution in [3.63, 3.8) is 0 Å². The number of ether oxygens (including phenoxy) is 2. The maximum Gasteiger partial charge on any atom is 0.427 e. The Morgan fingerprint density at radius 2 is 1.93 bits per heavy atom. The average molecular weight is 397 g/mol. The molecule has 2 atom stereocenters. The Bertz CT molecular complexity index is 778. The smallest absolute Gasteiger partial charge is 0.427 e. The van der Waals surface area contributed by atoms with Gasteiger partial charge in [-0.1, -0.05) is 19.1 Å². The van der Waals surface area contributed by atoms with Crippen LogP contribution in [-0.2, 0) is 22.4 Å². The minimum absolute atomic E-state index is 0.0921. The van der Waals surface area contributed by atoms with E-state index in [9.17, 15) is 23.2 Å². The Labute approximate surface area is 163 Å². The summed E-state index contributed by atoms with van der Waals surface area (Å²) in [5.74, 6) is -0.0724. The van der Waals surface area contributed by atoms with Crippen LogP contribution < -0.4 is 4.74 Å². The molecule has 0 aromatic heterocycles. The van der Waals surface area contributed by atoms with E-state index in [0.29, 0.717) is 24.2 Å². The van der Waals surface area contributed by atoms with E-state index in [0.717, 1.165) is 19.4 Å².